The summed E-state index contributed by atoms with van der Waals surface area (Å²) in [6, 6.07) is 10.3. The zero-order valence-electron chi connectivity index (χ0n) is 12.2. The monoisotopic (exact) mass is 291 g/mol. The summed E-state index contributed by atoms with van der Waals surface area (Å²) in [6.07, 6.45) is 1.73. The van der Waals surface area contributed by atoms with Crippen LogP contribution in [0.4, 0.5) is 0 Å². The van der Waals surface area contributed by atoms with Crippen molar-refractivity contribution < 1.29 is 9.53 Å². The van der Waals surface area contributed by atoms with Gasteiger partial charge in [-0.05, 0) is 24.3 Å². The zero-order chi connectivity index (χ0) is 14.7. The van der Waals surface area contributed by atoms with Crippen LogP contribution in [0.5, 0.6) is 0 Å². The SMILES string of the molecule is COC(=O)[C@H]1C[C@@H](c2ccccc2)C[C@H]1C(=S)N(C)C. The number of thiocarbonyl (C=S) groups is 1. The summed E-state index contributed by atoms with van der Waals surface area (Å²) < 4.78 is 4.96. The number of hydrogen-bond donors (Lipinski definition) is 0. The predicted octanol–water partition coefficient (Wildman–Crippen LogP) is 2.86. The summed E-state index contributed by atoms with van der Waals surface area (Å²) in [4.78, 5) is 14.8. The van der Waals surface area contributed by atoms with E-state index < -0.39 is 0 Å². The largest absolute Gasteiger partial charge is 0.469 e. The van der Waals surface area contributed by atoms with E-state index in [1.54, 1.807) is 0 Å². The lowest BCUT2D eigenvalue weighted by Gasteiger charge is -2.23. The van der Waals surface area contributed by atoms with Gasteiger partial charge in [0.1, 0.15) is 0 Å². The molecule has 1 fully saturated rings. The molecule has 1 aliphatic carbocycles. The maximum atomic E-state index is 12.0. The highest BCUT2D eigenvalue weighted by Gasteiger charge is 2.42. The number of ether oxygens (including phenoxy) is 1. The Bertz CT molecular complexity index is 487. The van der Waals surface area contributed by atoms with E-state index in [4.69, 9.17) is 17.0 Å². The van der Waals surface area contributed by atoms with E-state index in [0.29, 0.717) is 5.92 Å². The molecule has 0 N–H and O–H groups in total. The molecule has 1 aliphatic rings. The Hall–Kier alpha value is -1.42. The minimum Gasteiger partial charge on any atom is -0.469 e. The van der Waals surface area contributed by atoms with Crippen molar-refractivity contribution in [3.63, 3.8) is 0 Å². The first-order valence-electron chi connectivity index (χ1n) is 6.88. The van der Waals surface area contributed by atoms with Crippen LogP contribution in [0, 0.1) is 11.8 Å². The summed E-state index contributed by atoms with van der Waals surface area (Å²) in [5, 5.41) is 0. The molecule has 0 spiro atoms. The van der Waals surface area contributed by atoms with Gasteiger partial charge in [0.2, 0.25) is 0 Å². The minimum absolute atomic E-state index is 0.0951. The van der Waals surface area contributed by atoms with Gasteiger partial charge in [-0.25, -0.2) is 0 Å². The van der Waals surface area contributed by atoms with E-state index in [2.05, 4.69) is 12.1 Å². The number of carbonyl (C=O) groups excluding carboxylic acids is 1. The van der Waals surface area contributed by atoms with Gasteiger partial charge in [-0.2, -0.15) is 0 Å². The third-order valence-corrected chi connectivity index (χ3v) is 4.76. The summed E-state index contributed by atoms with van der Waals surface area (Å²) in [5.74, 6) is 0.207. The van der Waals surface area contributed by atoms with Crippen molar-refractivity contribution in [2.45, 2.75) is 18.8 Å². The second-order valence-electron chi connectivity index (χ2n) is 5.55. The van der Waals surface area contributed by atoms with Crippen LogP contribution >= 0.6 is 12.2 Å². The van der Waals surface area contributed by atoms with Crippen LogP contribution in [0.15, 0.2) is 30.3 Å². The number of carbonyl (C=O) groups is 1. The van der Waals surface area contributed by atoms with Crippen LogP contribution in [0.2, 0.25) is 0 Å². The fraction of sp³-hybridized carbons (Fsp3) is 0.500. The van der Waals surface area contributed by atoms with Crippen LogP contribution in [-0.2, 0) is 9.53 Å². The number of nitrogens with zero attached hydrogens (tertiary/aromatic N) is 1. The lowest BCUT2D eigenvalue weighted by molar-refractivity contribution is -0.145. The summed E-state index contributed by atoms with van der Waals surface area (Å²) in [5.41, 5.74) is 1.28. The number of esters is 1. The van der Waals surface area contributed by atoms with Crippen molar-refractivity contribution in [3.8, 4) is 0 Å². The first-order chi connectivity index (χ1) is 9.54. The highest BCUT2D eigenvalue weighted by Crippen LogP contribution is 2.44. The molecule has 0 saturated heterocycles. The molecule has 1 saturated carbocycles. The molecule has 2 rings (SSSR count). The van der Waals surface area contributed by atoms with Crippen LogP contribution in [0.3, 0.4) is 0 Å². The zero-order valence-corrected chi connectivity index (χ0v) is 13.0. The standard InChI is InChI=1S/C16H21NO2S/c1-17(2)15(20)13-9-12(10-14(13)16(18)19-3)11-7-5-4-6-8-11/h4-8,12-14H,9-10H2,1-3H3/t12-,13+,14-/m0/s1. The van der Waals surface area contributed by atoms with E-state index in [-0.39, 0.29) is 17.8 Å². The Labute approximate surface area is 125 Å². The average Bonchev–Trinajstić information content (AvgIpc) is 2.91. The maximum Gasteiger partial charge on any atom is 0.309 e. The van der Waals surface area contributed by atoms with Gasteiger partial charge in [0.15, 0.2) is 0 Å². The van der Waals surface area contributed by atoms with Crippen molar-refractivity contribution in [2.75, 3.05) is 21.2 Å². The minimum atomic E-state index is -0.141. The molecule has 0 aliphatic heterocycles. The van der Waals surface area contributed by atoms with E-state index in [1.165, 1.54) is 12.7 Å². The molecule has 0 radical (unpaired) electrons. The lowest BCUT2D eigenvalue weighted by atomic mass is 9.95. The molecule has 1 aromatic rings. The molecule has 20 heavy (non-hydrogen) atoms. The van der Waals surface area contributed by atoms with Crippen molar-refractivity contribution in [1.82, 2.24) is 4.90 Å². The molecule has 0 bridgehead atoms. The van der Waals surface area contributed by atoms with Crippen molar-refractivity contribution in [2.24, 2.45) is 11.8 Å². The summed E-state index contributed by atoms with van der Waals surface area (Å²) >= 11 is 5.50. The second-order valence-corrected chi connectivity index (χ2v) is 5.97. The van der Waals surface area contributed by atoms with Gasteiger partial charge in [-0.15, -0.1) is 0 Å². The number of methoxy groups -OCH3 is 1. The smallest absolute Gasteiger partial charge is 0.309 e. The van der Waals surface area contributed by atoms with Crippen molar-refractivity contribution in [3.05, 3.63) is 35.9 Å². The fourth-order valence-corrected chi connectivity index (χ4v) is 3.31. The molecule has 0 unspecified atom stereocenters. The van der Waals surface area contributed by atoms with Crippen LogP contribution < -0.4 is 0 Å². The highest BCUT2D eigenvalue weighted by atomic mass is 32.1. The summed E-state index contributed by atoms with van der Waals surface area (Å²) in [6.45, 7) is 0. The second kappa shape index (κ2) is 6.35. The molecule has 3 nitrogen and oxygen atoms in total. The Morgan fingerprint density at radius 3 is 2.35 bits per heavy atom. The molecule has 4 heteroatoms. The predicted molar refractivity (Wildman–Crippen MR) is 83.7 cm³/mol. The maximum absolute atomic E-state index is 12.0. The molecule has 3 atom stereocenters. The molecule has 0 heterocycles. The molecular formula is C16H21NO2S. The lowest BCUT2D eigenvalue weighted by Crippen LogP contribution is -2.33. The Kier molecular flexibility index (Phi) is 4.76. The van der Waals surface area contributed by atoms with Gasteiger partial charge in [0.25, 0.3) is 0 Å². The molecule has 108 valence electrons. The molecular weight excluding hydrogens is 270 g/mol. The van der Waals surface area contributed by atoms with Crippen molar-refractivity contribution >= 4 is 23.2 Å². The van der Waals surface area contributed by atoms with Crippen LogP contribution in [-0.4, -0.2) is 37.1 Å². The van der Waals surface area contributed by atoms with E-state index in [0.717, 1.165) is 17.8 Å². The quantitative estimate of drug-likeness (QED) is 0.632. The first-order valence-corrected chi connectivity index (χ1v) is 7.29. The van der Waals surface area contributed by atoms with E-state index >= 15 is 0 Å². The number of rotatable bonds is 3. The fourth-order valence-electron chi connectivity index (χ4n) is 3.05. The van der Waals surface area contributed by atoms with Gasteiger partial charge < -0.3 is 9.64 Å². The Morgan fingerprint density at radius 1 is 1.20 bits per heavy atom. The van der Waals surface area contributed by atoms with Gasteiger partial charge in [-0.3, -0.25) is 4.79 Å². The molecule has 0 aromatic heterocycles. The summed E-state index contributed by atoms with van der Waals surface area (Å²) in [7, 11) is 5.33. The third-order valence-electron chi connectivity index (χ3n) is 4.10. The molecule has 1 aromatic carbocycles. The van der Waals surface area contributed by atoms with Gasteiger partial charge >= 0.3 is 5.97 Å². The van der Waals surface area contributed by atoms with E-state index in [1.807, 2.05) is 37.2 Å². The van der Waals surface area contributed by atoms with Gasteiger partial charge in [0.05, 0.1) is 18.0 Å². The normalized spacial score (nSPS) is 25.2. The third kappa shape index (κ3) is 3.01. The Morgan fingerprint density at radius 2 is 1.80 bits per heavy atom. The first kappa shape index (κ1) is 15.0. The van der Waals surface area contributed by atoms with Crippen molar-refractivity contribution in [1.29, 1.82) is 0 Å². The highest BCUT2D eigenvalue weighted by molar-refractivity contribution is 7.80. The van der Waals surface area contributed by atoms with Crippen LogP contribution in [0.25, 0.3) is 0 Å². The number of hydrogen-bond acceptors (Lipinski definition) is 3. The van der Waals surface area contributed by atoms with E-state index in [9.17, 15) is 4.79 Å². The van der Waals surface area contributed by atoms with Gasteiger partial charge in [-0.1, -0.05) is 42.5 Å². The van der Waals surface area contributed by atoms with Gasteiger partial charge in [0, 0.05) is 20.0 Å². The average molecular weight is 291 g/mol. The topological polar surface area (TPSA) is 29.5 Å². The Balaban J connectivity index is 2.22. The number of benzene rings is 1. The molecule has 0 amide bonds. The van der Waals surface area contributed by atoms with Crippen LogP contribution in [0.1, 0.15) is 24.3 Å².